The Morgan fingerprint density at radius 2 is 2.36 bits per heavy atom. The van der Waals surface area contributed by atoms with Gasteiger partial charge in [-0.2, -0.15) is 5.26 Å². The zero-order valence-electron chi connectivity index (χ0n) is 6.76. The molecule has 0 radical (unpaired) electrons. The largest absolute Gasteiger partial charge is 0.274 e. The molecule has 0 aliphatic heterocycles. The van der Waals surface area contributed by atoms with Crippen LogP contribution in [0.2, 0.25) is 0 Å². The van der Waals surface area contributed by atoms with Crippen molar-refractivity contribution >= 4 is 5.91 Å². The summed E-state index contributed by atoms with van der Waals surface area (Å²) < 4.78 is 0. The molecule has 0 aromatic rings. The standard InChI is InChI=1S/C7H12N2O2/c1-3-6(5-8)7(10)9-11-4-2/h6H,3-4H2,1-2H3,(H,9,10). The SMILES string of the molecule is CCONC(=O)C(C#N)CC. The van der Waals surface area contributed by atoms with Crippen LogP contribution in [0.3, 0.4) is 0 Å². The van der Waals surface area contributed by atoms with Crippen molar-refractivity contribution in [1.29, 1.82) is 5.26 Å². The first-order valence-electron chi connectivity index (χ1n) is 3.57. The number of nitrogens with zero attached hydrogens (tertiary/aromatic N) is 1. The molecule has 1 N–H and O–H groups in total. The van der Waals surface area contributed by atoms with Crippen molar-refractivity contribution in [3.05, 3.63) is 0 Å². The highest BCUT2D eigenvalue weighted by Crippen LogP contribution is 1.99. The average Bonchev–Trinajstić information content (AvgIpc) is 2.03. The Hall–Kier alpha value is -1.08. The third kappa shape index (κ3) is 3.58. The number of hydroxylamine groups is 1. The van der Waals surface area contributed by atoms with Gasteiger partial charge in [-0.1, -0.05) is 6.92 Å². The molecule has 62 valence electrons. The van der Waals surface area contributed by atoms with Gasteiger partial charge in [0.2, 0.25) is 0 Å². The van der Waals surface area contributed by atoms with E-state index in [0.717, 1.165) is 0 Å². The second kappa shape index (κ2) is 5.69. The molecule has 0 saturated heterocycles. The molecule has 0 aromatic heterocycles. The number of hydrogen-bond acceptors (Lipinski definition) is 3. The maximum absolute atomic E-state index is 10.9. The molecule has 4 nitrogen and oxygen atoms in total. The fraction of sp³-hybridized carbons (Fsp3) is 0.714. The summed E-state index contributed by atoms with van der Waals surface area (Å²) in [7, 11) is 0. The van der Waals surface area contributed by atoms with Crippen LogP contribution in [-0.2, 0) is 9.63 Å². The van der Waals surface area contributed by atoms with Crippen LogP contribution in [0.5, 0.6) is 0 Å². The van der Waals surface area contributed by atoms with Crippen molar-refractivity contribution in [2.24, 2.45) is 5.92 Å². The van der Waals surface area contributed by atoms with E-state index in [1.54, 1.807) is 13.8 Å². The highest BCUT2D eigenvalue weighted by atomic mass is 16.6. The first kappa shape index (κ1) is 9.92. The quantitative estimate of drug-likeness (QED) is 0.606. The molecule has 0 aromatic carbocycles. The normalized spacial score (nSPS) is 11.7. The lowest BCUT2D eigenvalue weighted by Gasteiger charge is -2.05. The molecule has 0 aliphatic carbocycles. The van der Waals surface area contributed by atoms with Gasteiger partial charge in [-0.15, -0.1) is 0 Å². The Morgan fingerprint density at radius 1 is 1.73 bits per heavy atom. The molecular formula is C7H12N2O2. The predicted molar refractivity (Wildman–Crippen MR) is 39.2 cm³/mol. The van der Waals surface area contributed by atoms with E-state index in [2.05, 4.69) is 10.3 Å². The molecule has 0 saturated carbocycles. The van der Waals surface area contributed by atoms with Gasteiger partial charge in [-0.25, -0.2) is 5.48 Å². The zero-order valence-corrected chi connectivity index (χ0v) is 6.76. The van der Waals surface area contributed by atoms with Gasteiger partial charge in [-0.3, -0.25) is 9.63 Å². The van der Waals surface area contributed by atoms with Gasteiger partial charge in [0.15, 0.2) is 0 Å². The lowest BCUT2D eigenvalue weighted by atomic mass is 10.1. The van der Waals surface area contributed by atoms with Crippen LogP contribution >= 0.6 is 0 Å². The summed E-state index contributed by atoms with van der Waals surface area (Å²) in [4.78, 5) is 15.5. The van der Waals surface area contributed by atoms with E-state index in [1.165, 1.54) is 0 Å². The van der Waals surface area contributed by atoms with Crippen LogP contribution in [0, 0.1) is 17.2 Å². The van der Waals surface area contributed by atoms with Crippen molar-refractivity contribution in [2.75, 3.05) is 6.61 Å². The van der Waals surface area contributed by atoms with E-state index in [1.807, 2.05) is 6.07 Å². The Balaban J connectivity index is 3.72. The smallest absolute Gasteiger partial charge is 0.260 e. The van der Waals surface area contributed by atoms with Crippen LogP contribution in [0.25, 0.3) is 0 Å². The first-order chi connectivity index (χ1) is 5.26. The van der Waals surface area contributed by atoms with Gasteiger partial charge in [0.05, 0.1) is 12.7 Å². The second-order valence-electron chi connectivity index (χ2n) is 1.99. The number of hydrogen-bond donors (Lipinski definition) is 1. The number of rotatable bonds is 4. The lowest BCUT2D eigenvalue weighted by molar-refractivity contribution is -0.135. The summed E-state index contributed by atoms with van der Waals surface area (Å²) in [6, 6.07) is 1.87. The highest BCUT2D eigenvalue weighted by molar-refractivity contribution is 5.79. The summed E-state index contributed by atoms with van der Waals surface area (Å²) in [5.41, 5.74) is 2.17. The van der Waals surface area contributed by atoms with Crippen molar-refractivity contribution in [3.8, 4) is 6.07 Å². The molecule has 0 heterocycles. The minimum atomic E-state index is -0.596. The Morgan fingerprint density at radius 3 is 2.73 bits per heavy atom. The van der Waals surface area contributed by atoms with E-state index in [-0.39, 0.29) is 5.91 Å². The number of nitrogens with one attached hydrogen (secondary N) is 1. The fourth-order valence-electron chi connectivity index (χ4n) is 0.550. The Kier molecular flexibility index (Phi) is 5.13. The first-order valence-corrected chi connectivity index (χ1v) is 3.57. The number of amides is 1. The van der Waals surface area contributed by atoms with Gasteiger partial charge in [0.25, 0.3) is 5.91 Å². The number of carbonyl (C=O) groups excluding carboxylic acids is 1. The Bertz CT molecular complexity index is 162. The van der Waals surface area contributed by atoms with Crippen molar-refractivity contribution in [1.82, 2.24) is 5.48 Å². The molecular weight excluding hydrogens is 144 g/mol. The molecule has 1 amide bonds. The molecule has 4 heteroatoms. The third-order valence-electron chi connectivity index (χ3n) is 1.20. The fourth-order valence-corrected chi connectivity index (χ4v) is 0.550. The molecule has 0 rings (SSSR count). The minimum Gasteiger partial charge on any atom is -0.274 e. The van der Waals surface area contributed by atoms with Crippen LogP contribution in [0.15, 0.2) is 0 Å². The molecule has 1 unspecified atom stereocenters. The minimum absolute atomic E-state index is 0.364. The van der Waals surface area contributed by atoms with E-state index in [9.17, 15) is 4.79 Å². The summed E-state index contributed by atoms with van der Waals surface area (Å²) in [5.74, 6) is -0.960. The van der Waals surface area contributed by atoms with Gasteiger partial charge >= 0.3 is 0 Å². The maximum Gasteiger partial charge on any atom is 0.260 e. The summed E-state index contributed by atoms with van der Waals surface area (Å²) in [6.07, 6.45) is 0.509. The summed E-state index contributed by atoms with van der Waals surface area (Å²) in [6.45, 7) is 3.95. The molecule has 0 fully saturated rings. The van der Waals surface area contributed by atoms with Crippen LogP contribution < -0.4 is 5.48 Å². The maximum atomic E-state index is 10.9. The lowest BCUT2D eigenvalue weighted by Crippen LogP contribution is -2.29. The van der Waals surface area contributed by atoms with Crippen molar-refractivity contribution in [3.63, 3.8) is 0 Å². The zero-order chi connectivity index (χ0) is 8.69. The molecule has 0 spiro atoms. The molecule has 0 bridgehead atoms. The summed E-state index contributed by atoms with van der Waals surface area (Å²) >= 11 is 0. The monoisotopic (exact) mass is 156 g/mol. The van der Waals surface area contributed by atoms with Crippen LogP contribution in [0.1, 0.15) is 20.3 Å². The van der Waals surface area contributed by atoms with E-state index >= 15 is 0 Å². The van der Waals surface area contributed by atoms with Crippen LogP contribution in [-0.4, -0.2) is 12.5 Å². The molecule has 11 heavy (non-hydrogen) atoms. The van der Waals surface area contributed by atoms with Gasteiger partial charge in [0, 0.05) is 0 Å². The summed E-state index contributed by atoms with van der Waals surface area (Å²) in [5, 5.41) is 8.43. The van der Waals surface area contributed by atoms with Gasteiger partial charge in [-0.05, 0) is 13.3 Å². The Labute approximate surface area is 66.1 Å². The average molecular weight is 156 g/mol. The van der Waals surface area contributed by atoms with Crippen LogP contribution in [0.4, 0.5) is 0 Å². The third-order valence-corrected chi connectivity index (χ3v) is 1.20. The second-order valence-corrected chi connectivity index (χ2v) is 1.99. The van der Waals surface area contributed by atoms with Gasteiger partial charge in [0.1, 0.15) is 5.92 Å². The van der Waals surface area contributed by atoms with Crippen molar-refractivity contribution in [2.45, 2.75) is 20.3 Å². The van der Waals surface area contributed by atoms with E-state index < -0.39 is 5.92 Å². The van der Waals surface area contributed by atoms with Crippen molar-refractivity contribution < 1.29 is 9.63 Å². The molecule has 0 aliphatic rings. The highest BCUT2D eigenvalue weighted by Gasteiger charge is 2.14. The van der Waals surface area contributed by atoms with E-state index in [4.69, 9.17) is 5.26 Å². The predicted octanol–water partition coefficient (Wildman–Crippen LogP) is 0.604. The van der Waals surface area contributed by atoms with Gasteiger partial charge < -0.3 is 0 Å². The van der Waals surface area contributed by atoms with E-state index in [0.29, 0.717) is 13.0 Å². The number of carbonyl (C=O) groups is 1. The number of nitriles is 1. The molecule has 1 atom stereocenters. The topological polar surface area (TPSA) is 62.1 Å².